The highest BCUT2D eigenvalue weighted by molar-refractivity contribution is 5.93. The van der Waals surface area contributed by atoms with Crippen LogP contribution < -0.4 is 16.0 Å². The number of rotatable bonds is 6. The van der Waals surface area contributed by atoms with E-state index in [0.717, 1.165) is 5.76 Å². The molecule has 3 N–H and O–H groups in total. The molecule has 21 heavy (non-hydrogen) atoms. The van der Waals surface area contributed by atoms with Crippen molar-refractivity contribution in [3.05, 3.63) is 48.4 Å². The van der Waals surface area contributed by atoms with E-state index in [-0.39, 0.29) is 18.4 Å². The van der Waals surface area contributed by atoms with Crippen molar-refractivity contribution in [2.24, 2.45) is 0 Å². The maximum atomic E-state index is 11.7. The second-order valence-corrected chi connectivity index (χ2v) is 4.49. The van der Waals surface area contributed by atoms with E-state index in [1.165, 1.54) is 6.92 Å². The highest BCUT2D eigenvalue weighted by Crippen LogP contribution is 2.13. The second kappa shape index (κ2) is 7.25. The third kappa shape index (κ3) is 5.12. The summed E-state index contributed by atoms with van der Waals surface area (Å²) in [4.78, 5) is 22.6. The summed E-state index contributed by atoms with van der Waals surface area (Å²) in [6, 6.07) is 10.6. The van der Waals surface area contributed by atoms with Gasteiger partial charge in [0.1, 0.15) is 5.76 Å². The minimum atomic E-state index is -0.145. The summed E-state index contributed by atoms with van der Waals surface area (Å²) in [5.74, 6) is 0.505. The molecule has 0 bridgehead atoms. The number of carbonyl (C=O) groups excluding carboxylic acids is 2. The van der Waals surface area contributed by atoms with Crippen LogP contribution in [-0.4, -0.2) is 18.4 Å². The summed E-state index contributed by atoms with van der Waals surface area (Å²) in [7, 11) is 0. The Morgan fingerprint density at radius 2 is 1.71 bits per heavy atom. The van der Waals surface area contributed by atoms with Crippen molar-refractivity contribution in [2.75, 3.05) is 17.2 Å². The van der Waals surface area contributed by atoms with Crippen molar-refractivity contribution >= 4 is 23.2 Å². The lowest BCUT2D eigenvalue weighted by Gasteiger charge is -2.07. The maximum Gasteiger partial charge on any atom is 0.238 e. The van der Waals surface area contributed by atoms with Crippen LogP contribution in [0.2, 0.25) is 0 Å². The molecule has 2 aromatic rings. The van der Waals surface area contributed by atoms with Gasteiger partial charge in [0.15, 0.2) is 0 Å². The SMILES string of the molecule is CC(=O)Nc1ccc(NC(=O)CNCc2ccco2)cc1. The zero-order valence-corrected chi connectivity index (χ0v) is 11.7. The molecule has 0 unspecified atom stereocenters. The van der Waals surface area contributed by atoms with E-state index < -0.39 is 0 Å². The van der Waals surface area contributed by atoms with Crippen LogP contribution >= 0.6 is 0 Å². The molecule has 6 nitrogen and oxygen atoms in total. The molecule has 1 aromatic heterocycles. The van der Waals surface area contributed by atoms with Crippen molar-refractivity contribution < 1.29 is 14.0 Å². The van der Waals surface area contributed by atoms with Crippen molar-refractivity contribution in [1.82, 2.24) is 5.32 Å². The Labute approximate surface area is 122 Å². The molecule has 0 fully saturated rings. The highest BCUT2D eigenvalue weighted by Gasteiger charge is 2.03. The smallest absolute Gasteiger partial charge is 0.238 e. The van der Waals surface area contributed by atoms with E-state index in [4.69, 9.17) is 4.42 Å². The molecule has 0 saturated carbocycles. The first kappa shape index (κ1) is 14.8. The molecule has 2 rings (SSSR count). The number of amides is 2. The van der Waals surface area contributed by atoms with Gasteiger partial charge in [-0.15, -0.1) is 0 Å². The largest absolute Gasteiger partial charge is 0.468 e. The highest BCUT2D eigenvalue weighted by atomic mass is 16.3. The van der Waals surface area contributed by atoms with Crippen LogP contribution in [0.4, 0.5) is 11.4 Å². The quantitative estimate of drug-likeness (QED) is 0.758. The number of furan rings is 1. The van der Waals surface area contributed by atoms with Gasteiger partial charge in [0.05, 0.1) is 19.4 Å². The molecule has 0 aliphatic rings. The van der Waals surface area contributed by atoms with Gasteiger partial charge in [0.25, 0.3) is 0 Å². The van der Waals surface area contributed by atoms with Crippen molar-refractivity contribution in [2.45, 2.75) is 13.5 Å². The molecule has 6 heteroatoms. The first-order valence-corrected chi connectivity index (χ1v) is 6.54. The molecule has 0 radical (unpaired) electrons. The van der Waals surface area contributed by atoms with E-state index >= 15 is 0 Å². The standard InChI is InChI=1S/C15H17N3O3/c1-11(19)17-12-4-6-13(7-5-12)18-15(20)10-16-9-14-3-2-8-21-14/h2-8,16H,9-10H2,1H3,(H,17,19)(H,18,20). The van der Waals surface area contributed by atoms with Crippen LogP contribution in [0.15, 0.2) is 47.1 Å². The Hall–Kier alpha value is -2.60. The van der Waals surface area contributed by atoms with Crippen LogP contribution in [0, 0.1) is 0 Å². The van der Waals surface area contributed by atoms with Gasteiger partial charge in [0, 0.05) is 18.3 Å². The normalized spacial score (nSPS) is 10.1. The van der Waals surface area contributed by atoms with Gasteiger partial charge >= 0.3 is 0 Å². The molecule has 0 atom stereocenters. The van der Waals surface area contributed by atoms with Crippen molar-refractivity contribution in [3.63, 3.8) is 0 Å². The molecule has 110 valence electrons. The van der Waals surface area contributed by atoms with Gasteiger partial charge in [-0.1, -0.05) is 0 Å². The monoisotopic (exact) mass is 287 g/mol. The summed E-state index contributed by atoms with van der Waals surface area (Å²) < 4.78 is 5.15. The Balaban J connectivity index is 1.75. The summed E-state index contributed by atoms with van der Waals surface area (Å²) in [5, 5.41) is 8.40. The first-order chi connectivity index (χ1) is 10.1. The lowest BCUT2D eigenvalue weighted by atomic mass is 10.2. The molecular formula is C15H17N3O3. The molecule has 0 spiro atoms. The number of nitrogens with one attached hydrogen (secondary N) is 3. The number of carbonyl (C=O) groups is 2. The van der Waals surface area contributed by atoms with Gasteiger partial charge in [-0.2, -0.15) is 0 Å². The van der Waals surface area contributed by atoms with Gasteiger partial charge in [-0.05, 0) is 36.4 Å². The summed E-state index contributed by atoms with van der Waals surface area (Å²) in [6.07, 6.45) is 1.59. The fourth-order valence-corrected chi connectivity index (χ4v) is 1.76. The third-order valence-corrected chi connectivity index (χ3v) is 2.65. The Kier molecular flexibility index (Phi) is 5.11. The number of benzene rings is 1. The zero-order valence-electron chi connectivity index (χ0n) is 11.7. The van der Waals surface area contributed by atoms with Crippen LogP contribution in [0.25, 0.3) is 0 Å². The molecule has 0 aliphatic carbocycles. The Bertz CT molecular complexity index is 591. The van der Waals surface area contributed by atoms with Gasteiger partial charge in [-0.3, -0.25) is 9.59 Å². The predicted octanol–water partition coefficient (Wildman–Crippen LogP) is 1.97. The van der Waals surface area contributed by atoms with Crippen molar-refractivity contribution in [3.8, 4) is 0 Å². The first-order valence-electron chi connectivity index (χ1n) is 6.54. The second-order valence-electron chi connectivity index (χ2n) is 4.49. The predicted molar refractivity (Wildman–Crippen MR) is 79.8 cm³/mol. The Morgan fingerprint density at radius 1 is 1.05 bits per heavy atom. The maximum absolute atomic E-state index is 11.7. The minimum Gasteiger partial charge on any atom is -0.468 e. The summed E-state index contributed by atoms with van der Waals surface area (Å²) in [6.45, 7) is 2.14. The summed E-state index contributed by atoms with van der Waals surface area (Å²) >= 11 is 0. The number of hydrogen-bond acceptors (Lipinski definition) is 4. The van der Waals surface area contributed by atoms with Crippen LogP contribution in [0.5, 0.6) is 0 Å². The minimum absolute atomic E-state index is 0.131. The van der Waals surface area contributed by atoms with E-state index in [0.29, 0.717) is 17.9 Å². The lowest BCUT2D eigenvalue weighted by molar-refractivity contribution is -0.115. The molecule has 0 aliphatic heterocycles. The average Bonchev–Trinajstić information content (AvgIpc) is 2.93. The average molecular weight is 287 g/mol. The van der Waals surface area contributed by atoms with Gasteiger partial charge in [0.2, 0.25) is 11.8 Å². The number of hydrogen-bond donors (Lipinski definition) is 3. The molecule has 1 heterocycles. The lowest BCUT2D eigenvalue weighted by Crippen LogP contribution is -2.27. The topological polar surface area (TPSA) is 83.4 Å². The van der Waals surface area contributed by atoms with E-state index in [2.05, 4.69) is 16.0 Å². The molecule has 0 saturated heterocycles. The number of anilines is 2. The van der Waals surface area contributed by atoms with Crippen LogP contribution in [-0.2, 0) is 16.1 Å². The zero-order chi connectivity index (χ0) is 15.1. The van der Waals surface area contributed by atoms with E-state index in [9.17, 15) is 9.59 Å². The van der Waals surface area contributed by atoms with Crippen molar-refractivity contribution in [1.29, 1.82) is 0 Å². The molecule has 2 amide bonds. The van der Waals surface area contributed by atoms with E-state index in [1.54, 1.807) is 36.6 Å². The van der Waals surface area contributed by atoms with E-state index in [1.807, 2.05) is 6.07 Å². The third-order valence-electron chi connectivity index (χ3n) is 2.65. The van der Waals surface area contributed by atoms with Crippen LogP contribution in [0.3, 0.4) is 0 Å². The van der Waals surface area contributed by atoms with Crippen LogP contribution in [0.1, 0.15) is 12.7 Å². The summed E-state index contributed by atoms with van der Waals surface area (Å²) in [5.41, 5.74) is 1.37. The Morgan fingerprint density at radius 3 is 2.29 bits per heavy atom. The fourth-order valence-electron chi connectivity index (χ4n) is 1.76. The molecular weight excluding hydrogens is 270 g/mol. The van der Waals surface area contributed by atoms with Gasteiger partial charge < -0.3 is 20.4 Å². The van der Waals surface area contributed by atoms with Gasteiger partial charge in [-0.25, -0.2) is 0 Å². The molecule has 1 aromatic carbocycles. The fraction of sp³-hybridized carbons (Fsp3) is 0.200.